The summed E-state index contributed by atoms with van der Waals surface area (Å²) in [6.45, 7) is 2.19. The molecule has 0 aliphatic heterocycles. The van der Waals surface area contributed by atoms with Gasteiger partial charge in [0.25, 0.3) is 0 Å². The van der Waals surface area contributed by atoms with Crippen molar-refractivity contribution in [3.05, 3.63) is 20.1 Å². The van der Waals surface area contributed by atoms with Crippen molar-refractivity contribution in [1.82, 2.24) is 0 Å². The molecule has 0 heterocycles. The summed E-state index contributed by atoms with van der Waals surface area (Å²) in [5, 5.41) is 10.3. The fourth-order valence-electron chi connectivity index (χ4n) is 1.61. The number of unbranched alkanes of at least 4 members (excludes halogenated alkanes) is 4. The molecule has 0 saturated heterocycles. The molecule has 0 spiro atoms. The van der Waals surface area contributed by atoms with Crippen LogP contribution in [0.1, 0.15) is 39.0 Å². The molecule has 1 aromatic carbocycles. The van der Waals surface area contributed by atoms with Crippen LogP contribution >= 0.6 is 58.2 Å². The largest absolute Gasteiger partial charge is 0.505 e. The van der Waals surface area contributed by atoms with Crippen LogP contribution in [0.5, 0.6) is 5.75 Å². The molecule has 0 fully saturated rings. The third-order valence-electron chi connectivity index (χ3n) is 2.69. The molecule has 108 valence electrons. The zero-order valence-corrected chi connectivity index (χ0v) is 14.5. The second kappa shape index (κ2) is 8.74. The molecular weight excluding hydrogens is 346 g/mol. The van der Waals surface area contributed by atoms with E-state index in [9.17, 15) is 5.11 Å². The lowest BCUT2D eigenvalue weighted by molar-refractivity contribution is 0.475. The minimum atomic E-state index is -0.259. The average molecular weight is 362 g/mol. The molecule has 0 aromatic heterocycles. The lowest BCUT2D eigenvalue weighted by Gasteiger charge is -2.11. The Kier molecular flexibility index (Phi) is 8.08. The highest BCUT2D eigenvalue weighted by Gasteiger charge is 2.19. The van der Waals surface area contributed by atoms with E-state index in [1.54, 1.807) is 0 Å². The van der Waals surface area contributed by atoms with E-state index >= 15 is 0 Å². The van der Waals surface area contributed by atoms with Crippen molar-refractivity contribution >= 4 is 58.2 Å². The summed E-state index contributed by atoms with van der Waals surface area (Å²) >= 11 is 25.5. The summed E-state index contributed by atoms with van der Waals surface area (Å²) in [5.41, 5.74) is 0. The van der Waals surface area contributed by atoms with Crippen LogP contribution in [0.4, 0.5) is 0 Å². The monoisotopic (exact) mass is 360 g/mol. The van der Waals surface area contributed by atoms with Crippen LogP contribution in [-0.2, 0) is 0 Å². The SMILES string of the molecule is CCCCCCCSc1c(Cl)c(Cl)c(O)c(Cl)c1Cl. The Bertz CT molecular complexity index is 408. The Balaban J connectivity index is 2.64. The zero-order chi connectivity index (χ0) is 14.4. The predicted molar refractivity (Wildman–Crippen MR) is 87.6 cm³/mol. The van der Waals surface area contributed by atoms with E-state index in [0.717, 1.165) is 12.2 Å². The Labute approximate surface area is 138 Å². The van der Waals surface area contributed by atoms with Crippen molar-refractivity contribution in [1.29, 1.82) is 0 Å². The van der Waals surface area contributed by atoms with Crippen molar-refractivity contribution in [2.24, 2.45) is 0 Å². The van der Waals surface area contributed by atoms with Crippen LogP contribution in [-0.4, -0.2) is 10.9 Å². The maximum atomic E-state index is 9.62. The van der Waals surface area contributed by atoms with Gasteiger partial charge in [0.05, 0.1) is 10.0 Å². The fourth-order valence-corrected chi connectivity index (χ4v) is 3.90. The summed E-state index contributed by atoms with van der Waals surface area (Å²) < 4.78 is 0. The van der Waals surface area contributed by atoms with Crippen LogP contribution < -0.4 is 0 Å². The lowest BCUT2D eigenvalue weighted by atomic mass is 10.2. The first kappa shape index (κ1) is 17.6. The van der Waals surface area contributed by atoms with Gasteiger partial charge in [-0.25, -0.2) is 0 Å². The summed E-state index contributed by atoms with van der Waals surface area (Å²) in [6.07, 6.45) is 6.02. The maximum Gasteiger partial charge on any atom is 0.155 e. The van der Waals surface area contributed by atoms with Crippen LogP contribution in [0.15, 0.2) is 4.90 Å². The van der Waals surface area contributed by atoms with Gasteiger partial charge in [-0.15, -0.1) is 11.8 Å². The quantitative estimate of drug-likeness (QED) is 0.318. The molecule has 0 bridgehead atoms. The number of benzene rings is 1. The molecule has 6 heteroatoms. The Morgan fingerprint density at radius 3 is 1.89 bits per heavy atom. The highest BCUT2D eigenvalue weighted by molar-refractivity contribution is 7.99. The molecule has 0 aliphatic rings. The first-order chi connectivity index (χ1) is 9.00. The van der Waals surface area contributed by atoms with E-state index in [2.05, 4.69) is 6.92 Å². The maximum absolute atomic E-state index is 9.62. The van der Waals surface area contributed by atoms with Gasteiger partial charge in [0.2, 0.25) is 0 Å². The van der Waals surface area contributed by atoms with Gasteiger partial charge >= 0.3 is 0 Å². The van der Waals surface area contributed by atoms with Crippen molar-refractivity contribution in [2.75, 3.05) is 5.75 Å². The Morgan fingerprint density at radius 2 is 1.37 bits per heavy atom. The van der Waals surface area contributed by atoms with Crippen LogP contribution in [0.25, 0.3) is 0 Å². The molecule has 19 heavy (non-hydrogen) atoms. The van der Waals surface area contributed by atoms with Crippen molar-refractivity contribution in [2.45, 2.75) is 43.9 Å². The molecule has 1 N–H and O–H groups in total. The highest BCUT2D eigenvalue weighted by atomic mass is 35.5. The second-order valence-corrected chi connectivity index (χ2v) is 6.81. The smallest absolute Gasteiger partial charge is 0.155 e. The normalized spacial score (nSPS) is 11.0. The van der Waals surface area contributed by atoms with E-state index < -0.39 is 0 Å². The summed E-state index contributed by atoms with van der Waals surface area (Å²) in [5.74, 6) is 0.645. The summed E-state index contributed by atoms with van der Waals surface area (Å²) in [4.78, 5) is 0.645. The second-order valence-electron chi connectivity index (χ2n) is 4.20. The van der Waals surface area contributed by atoms with Gasteiger partial charge in [-0.2, -0.15) is 0 Å². The van der Waals surface area contributed by atoms with E-state index in [1.807, 2.05) is 0 Å². The highest BCUT2D eigenvalue weighted by Crippen LogP contribution is 2.49. The number of aromatic hydroxyl groups is 1. The molecule has 1 rings (SSSR count). The molecule has 1 nitrogen and oxygen atoms in total. The van der Waals surface area contributed by atoms with Gasteiger partial charge < -0.3 is 5.11 Å². The molecule has 0 saturated carbocycles. The van der Waals surface area contributed by atoms with Gasteiger partial charge in [-0.3, -0.25) is 0 Å². The van der Waals surface area contributed by atoms with Crippen molar-refractivity contribution in [3.8, 4) is 5.75 Å². The standard InChI is InChI=1S/C13H16Cl4OS/c1-2-3-4-5-6-7-19-13-10(16)8(14)12(18)9(15)11(13)17/h18H,2-7H2,1H3. The van der Waals surface area contributed by atoms with E-state index in [0.29, 0.717) is 4.90 Å². The van der Waals surface area contributed by atoms with Gasteiger partial charge in [-0.05, 0) is 12.2 Å². The zero-order valence-electron chi connectivity index (χ0n) is 10.6. The van der Waals surface area contributed by atoms with Gasteiger partial charge in [0.15, 0.2) is 5.75 Å². The van der Waals surface area contributed by atoms with E-state index in [1.165, 1.54) is 37.4 Å². The molecular formula is C13H16Cl4OS. The summed E-state index contributed by atoms with van der Waals surface area (Å²) in [7, 11) is 0. The molecule has 1 aromatic rings. The number of phenolic OH excluding ortho intramolecular Hbond substituents is 1. The molecule has 0 atom stereocenters. The van der Waals surface area contributed by atoms with Crippen LogP contribution in [0.2, 0.25) is 20.1 Å². The van der Waals surface area contributed by atoms with Gasteiger partial charge in [0, 0.05) is 4.90 Å². The van der Waals surface area contributed by atoms with Gasteiger partial charge in [0.1, 0.15) is 10.0 Å². The molecule has 0 amide bonds. The van der Waals surface area contributed by atoms with E-state index in [-0.39, 0.29) is 25.8 Å². The lowest BCUT2D eigenvalue weighted by Crippen LogP contribution is -1.87. The fraction of sp³-hybridized carbons (Fsp3) is 0.538. The number of thioether (sulfide) groups is 1. The van der Waals surface area contributed by atoms with Crippen LogP contribution in [0, 0.1) is 0 Å². The minimum Gasteiger partial charge on any atom is -0.505 e. The summed E-state index contributed by atoms with van der Waals surface area (Å²) in [6, 6.07) is 0. The number of hydrogen-bond acceptors (Lipinski definition) is 2. The number of rotatable bonds is 7. The third-order valence-corrected chi connectivity index (χ3v) is 5.79. The molecule has 0 aliphatic carbocycles. The van der Waals surface area contributed by atoms with E-state index in [4.69, 9.17) is 46.4 Å². The molecule has 0 radical (unpaired) electrons. The van der Waals surface area contributed by atoms with Crippen molar-refractivity contribution < 1.29 is 5.11 Å². The number of hydrogen-bond donors (Lipinski definition) is 1. The van der Waals surface area contributed by atoms with Crippen molar-refractivity contribution in [3.63, 3.8) is 0 Å². The average Bonchev–Trinajstić information content (AvgIpc) is 2.41. The number of phenols is 1. The van der Waals surface area contributed by atoms with Crippen LogP contribution in [0.3, 0.4) is 0 Å². The topological polar surface area (TPSA) is 20.2 Å². The molecule has 0 unspecified atom stereocenters. The first-order valence-corrected chi connectivity index (χ1v) is 8.68. The minimum absolute atomic E-state index is 0.0598. The van der Waals surface area contributed by atoms with Gasteiger partial charge in [-0.1, -0.05) is 79.0 Å². The predicted octanol–water partition coefficient (Wildman–Crippen LogP) is 7.07. The third kappa shape index (κ3) is 4.78. The first-order valence-electron chi connectivity index (χ1n) is 6.18. The Morgan fingerprint density at radius 1 is 0.842 bits per heavy atom. The number of halogens is 4. The Hall–Kier alpha value is 0.530.